The molecule has 1 aliphatic carbocycles. The average Bonchev–Trinajstić information content (AvgIpc) is 2.43. The number of benzene rings is 1. The minimum atomic E-state index is 0.608. The molecule has 19 heavy (non-hydrogen) atoms. The van der Waals surface area contributed by atoms with Gasteiger partial charge in [-0.1, -0.05) is 19.9 Å². The van der Waals surface area contributed by atoms with Gasteiger partial charge < -0.3 is 5.32 Å². The van der Waals surface area contributed by atoms with Crippen LogP contribution in [0, 0.1) is 11.8 Å². The molecule has 100 valence electrons. The molecule has 0 amide bonds. The molecule has 3 rings (SSSR count). The van der Waals surface area contributed by atoms with Crippen molar-refractivity contribution in [3.05, 3.63) is 36.5 Å². The van der Waals surface area contributed by atoms with E-state index in [9.17, 15) is 0 Å². The highest BCUT2D eigenvalue weighted by Gasteiger charge is 2.24. The van der Waals surface area contributed by atoms with Gasteiger partial charge >= 0.3 is 0 Å². The quantitative estimate of drug-likeness (QED) is 0.855. The van der Waals surface area contributed by atoms with Crippen LogP contribution >= 0.6 is 0 Å². The Kier molecular flexibility index (Phi) is 3.41. The van der Waals surface area contributed by atoms with Crippen molar-refractivity contribution in [3.8, 4) is 0 Å². The first-order chi connectivity index (χ1) is 9.24. The zero-order chi connectivity index (χ0) is 13.2. The van der Waals surface area contributed by atoms with Crippen molar-refractivity contribution in [2.75, 3.05) is 5.32 Å². The molecule has 1 heterocycles. The monoisotopic (exact) mass is 254 g/mol. The smallest absolute Gasteiger partial charge is 0.0722 e. The van der Waals surface area contributed by atoms with Gasteiger partial charge in [0, 0.05) is 23.3 Å². The van der Waals surface area contributed by atoms with Gasteiger partial charge in [-0.3, -0.25) is 4.98 Å². The van der Waals surface area contributed by atoms with E-state index < -0.39 is 0 Å². The second-order valence-electron chi connectivity index (χ2n) is 5.98. The van der Waals surface area contributed by atoms with E-state index in [2.05, 4.69) is 48.4 Å². The molecule has 1 N–H and O–H groups in total. The molecule has 1 aromatic heterocycles. The normalized spacial score (nSPS) is 27.4. The Morgan fingerprint density at radius 2 is 1.95 bits per heavy atom. The fourth-order valence-electron chi connectivity index (χ4n) is 3.13. The molecular formula is C17H22N2. The lowest BCUT2D eigenvalue weighted by atomic mass is 9.79. The predicted octanol–water partition coefficient (Wildman–Crippen LogP) is 4.47. The number of fused-ring (bicyclic) bond motifs is 1. The van der Waals surface area contributed by atoms with Gasteiger partial charge in [-0.2, -0.15) is 0 Å². The number of anilines is 1. The van der Waals surface area contributed by atoms with Crippen molar-refractivity contribution in [1.29, 1.82) is 0 Å². The van der Waals surface area contributed by atoms with Crippen molar-refractivity contribution in [2.24, 2.45) is 11.8 Å². The summed E-state index contributed by atoms with van der Waals surface area (Å²) in [6.45, 7) is 4.76. The summed E-state index contributed by atoms with van der Waals surface area (Å²) in [5.74, 6) is 1.69. The first-order valence-corrected chi connectivity index (χ1v) is 7.34. The highest BCUT2D eigenvalue weighted by Crippen LogP contribution is 2.32. The van der Waals surface area contributed by atoms with E-state index in [4.69, 9.17) is 0 Å². The van der Waals surface area contributed by atoms with Crippen molar-refractivity contribution in [1.82, 2.24) is 4.98 Å². The van der Waals surface area contributed by atoms with Crippen LogP contribution in [0.5, 0.6) is 0 Å². The van der Waals surface area contributed by atoms with Gasteiger partial charge in [0.1, 0.15) is 0 Å². The van der Waals surface area contributed by atoms with Gasteiger partial charge in [-0.25, -0.2) is 0 Å². The van der Waals surface area contributed by atoms with Gasteiger partial charge in [0.05, 0.1) is 5.52 Å². The summed E-state index contributed by atoms with van der Waals surface area (Å²) in [6, 6.07) is 11.1. The fourth-order valence-corrected chi connectivity index (χ4v) is 3.13. The molecule has 2 aromatic rings. The van der Waals surface area contributed by atoms with E-state index in [1.54, 1.807) is 0 Å². The van der Waals surface area contributed by atoms with Crippen LogP contribution in [0.4, 0.5) is 5.69 Å². The van der Waals surface area contributed by atoms with Crippen molar-refractivity contribution >= 4 is 16.6 Å². The third-order valence-electron chi connectivity index (χ3n) is 4.60. The van der Waals surface area contributed by atoms with Gasteiger partial charge in [0.15, 0.2) is 0 Å². The van der Waals surface area contributed by atoms with Crippen LogP contribution in [0.1, 0.15) is 33.1 Å². The van der Waals surface area contributed by atoms with Crippen LogP contribution < -0.4 is 5.32 Å². The first kappa shape index (κ1) is 12.5. The molecule has 3 unspecified atom stereocenters. The molecule has 0 spiro atoms. The molecule has 1 saturated carbocycles. The third kappa shape index (κ3) is 2.58. The van der Waals surface area contributed by atoms with Gasteiger partial charge in [-0.15, -0.1) is 0 Å². The van der Waals surface area contributed by atoms with E-state index in [-0.39, 0.29) is 0 Å². The molecule has 0 aliphatic heterocycles. The Morgan fingerprint density at radius 1 is 1.05 bits per heavy atom. The van der Waals surface area contributed by atoms with Gasteiger partial charge in [0.2, 0.25) is 0 Å². The number of hydrogen-bond donors (Lipinski definition) is 1. The van der Waals surface area contributed by atoms with E-state index >= 15 is 0 Å². The summed E-state index contributed by atoms with van der Waals surface area (Å²) < 4.78 is 0. The number of rotatable bonds is 2. The van der Waals surface area contributed by atoms with Crippen LogP contribution in [0.2, 0.25) is 0 Å². The van der Waals surface area contributed by atoms with Crippen molar-refractivity contribution in [3.63, 3.8) is 0 Å². The first-order valence-electron chi connectivity index (χ1n) is 7.34. The Hall–Kier alpha value is -1.57. The number of nitrogens with zero attached hydrogens (tertiary/aromatic N) is 1. The molecule has 2 heteroatoms. The summed E-state index contributed by atoms with van der Waals surface area (Å²) in [6.07, 6.45) is 5.75. The summed E-state index contributed by atoms with van der Waals surface area (Å²) in [4.78, 5) is 4.42. The highest BCUT2D eigenvalue weighted by atomic mass is 14.9. The predicted molar refractivity (Wildman–Crippen MR) is 81.3 cm³/mol. The molecule has 3 atom stereocenters. The summed E-state index contributed by atoms with van der Waals surface area (Å²) in [7, 11) is 0. The molecule has 1 aliphatic rings. The molecule has 1 fully saturated rings. The molecule has 2 nitrogen and oxygen atoms in total. The average molecular weight is 254 g/mol. The van der Waals surface area contributed by atoms with Crippen LogP contribution in [-0.2, 0) is 0 Å². The van der Waals surface area contributed by atoms with Crippen LogP contribution in [0.15, 0.2) is 36.5 Å². The van der Waals surface area contributed by atoms with Gasteiger partial charge in [-0.05, 0) is 55.4 Å². The van der Waals surface area contributed by atoms with E-state index in [1.807, 2.05) is 12.3 Å². The number of aromatic nitrogens is 1. The third-order valence-corrected chi connectivity index (χ3v) is 4.60. The Labute approximate surface area is 115 Å². The summed E-state index contributed by atoms with van der Waals surface area (Å²) in [5, 5.41) is 4.97. The standard InChI is InChI=1S/C17H22N2/c1-12-8-9-14(11-13(12)2)19-17-7-3-6-16-15(17)5-4-10-18-16/h3-7,10,12-14,19H,8-9,11H2,1-2H3. The van der Waals surface area contributed by atoms with Crippen LogP contribution in [0.3, 0.4) is 0 Å². The largest absolute Gasteiger partial charge is 0.382 e. The lowest BCUT2D eigenvalue weighted by Crippen LogP contribution is -2.30. The summed E-state index contributed by atoms with van der Waals surface area (Å²) >= 11 is 0. The molecule has 0 bridgehead atoms. The molecule has 0 saturated heterocycles. The zero-order valence-corrected chi connectivity index (χ0v) is 11.8. The zero-order valence-electron chi connectivity index (χ0n) is 11.8. The van der Waals surface area contributed by atoms with Crippen LogP contribution in [-0.4, -0.2) is 11.0 Å². The van der Waals surface area contributed by atoms with Crippen molar-refractivity contribution < 1.29 is 0 Å². The maximum Gasteiger partial charge on any atom is 0.0722 e. The number of pyridine rings is 1. The van der Waals surface area contributed by atoms with Crippen LogP contribution in [0.25, 0.3) is 10.9 Å². The van der Waals surface area contributed by atoms with Crippen molar-refractivity contribution in [2.45, 2.75) is 39.2 Å². The maximum atomic E-state index is 4.42. The number of hydrogen-bond acceptors (Lipinski definition) is 2. The minimum Gasteiger partial charge on any atom is -0.382 e. The van der Waals surface area contributed by atoms with Gasteiger partial charge in [0.25, 0.3) is 0 Å². The second-order valence-corrected chi connectivity index (χ2v) is 5.98. The lowest BCUT2D eigenvalue weighted by molar-refractivity contribution is 0.261. The SMILES string of the molecule is CC1CCC(Nc2cccc3ncccc23)CC1C. The highest BCUT2D eigenvalue weighted by molar-refractivity contribution is 5.91. The number of nitrogens with one attached hydrogen (secondary N) is 1. The molecular weight excluding hydrogens is 232 g/mol. The van der Waals surface area contributed by atoms with E-state index in [0.717, 1.165) is 17.4 Å². The summed E-state index contributed by atoms with van der Waals surface area (Å²) in [5.41, 5.74) is 2.31. The van der Waals surface area contributed by atoms with E-state index in [1.165, 1.54) is 30.3 Å². The topological polar surface area (TPSA) is 24.9 Å². The molecule has 1 aromatic carbocycles. The second kappa shape index (κ2) is 5.20. The Balaban J connectivity index is 1.82. The Morgan fingerprint density at radius 3 is 2.79 bits per heavy atom. The lowest BCUT2D eigenvalue weighted by Gasteiger charge is -2.33. The Bertz CT molecular complexity index is 559. The van der Waals surface area contributed by atoms with E-state index in [0.29, 0.717) is 6.04 Å². The fraction of sp³-hybridized carbons (Fsp3) is 0.471. The minimum absolute atomic E-state index is 0.608. The molecule has 0 radical (unpaired) electrons. The maximum absolute atomic E-state index is 4.42.